The van der Waals surface area contributed by atoms with Crippen LogP contribution in [0.5, 0.6) is 0 Å². The quantitative estimate of drug-likeness (QED) is 0.896. The molecule has 0 aliphatic heterocycles. The van der Waals surface area contributed by atoms with E-state index in [4.69, 9.17) is 5.11 Å². The van der Waals surface area contributed by atoms with Crippen molar-refractivity contribution in [2.24, 2.45) is 5.92 Å². The van der Waals surface area contributed by atoms with Gasteiger partial charge in [-0.2, -0.15) is 13.2 Å². The molecule has 0 aromatic carbocycles. The maximum absolute atomic E-state index is 12.7. The summed E-state index contributed by atoms with van der Waals surface area (Å²) in [6.07, 6.45) is -2.91. The van der Waals surface area contributed by atoms with E-state index in [1.807, 2.05) is 0 Å². The van der Waals surface area contributed by atoms with Crippen LogP contribution in [0.3, 0.4) is 0 Å². The minimum atomic E-state index is -4.60. The van der Waals surface area contributed by atoms with E-state index in [-0.39, 0.29) is 6.04 Å². The standard InChI is InChI=1S/C12H13F3N2O3S/c13-12(14,15)9-8(16-5-21-9)10(18)17-7-3-1-6(2-4-7)11(19)20/h5-7H,1-4H2,(H,17,18)(H,19,20). The predicted octanol–water partition coefficient (Wildman–Crippen LogP) is 2.54. The Hall–Kier alpha value is -1.64. The summed E-state index contributed by atoms with van der Waals surface area (Å²) in [4.78, 5) is 25.1. The number of carboxylic acids is 1. The van der Waals surface area contributed by atoms with Gasteiger partial charge in [-0.3, -0.25) is 9.59 Å². The summed E-state index contributed by atoms with van der Waals surface area (Å²) in [5, 5.41) is 11.4. The molecule has 1 fully saturated rings. The van der Waals surface area contributed by atoms with Crippen LogP contribution >= 0.6 is 11.3 Å². The second-order valence-corrected chi connectivity index (χ2v) is 5.74. The lowest BCUT2D eigenvalue weighted by molar-refractivity contribution is -0.143. The zero-order chi connectivity index (χ0) is 15.6. The number of carboxylic acid groups (broad SMARTS) is 1. The van der Waals surface area contributed by atoms with Gasteiger partial charge in [0.15, 0.2) is 5.69 Å². The van der Waals surface area contributed by atoms with E-state index >= 15 is 0 Å². The Labute approximate surface area is 122 Å². The fourth-order valence-corrected chi connectivity index (χ4v) is 3.00. The third kappa shape index (κ3) is 3.72. The Morgan fingerprint density at radius 3 is 2.43 bits per heavy atom. The van der Waals surface area contributed by atoms with E-state index < -0.39 is 34.5 Å². The molecule has 9 heteroatoms. The molecule has 5 nitrogen and oxygen atoms in total. The van der Waals surface area contributed by atoms with Crippen LogP contribution in [0.25, 0.3) is 0 Å². The molecular weight excluding hydrogens is 309 g/mol. The number of thiazole rings is 1. The van der Waals surface area contributed by atoms with Gasteiger partial charge in [0, 0.05) is 6.04 Å². The number of nitrogens with zero attached hydrogens (tertiary/aromatic N) is 1. The maximum atomic E-state index is 12.7. The van der Waals surface area contributed by atoms with Crippen LogP contribution in [-0.2, 0) is 11.0 Å². The van der Waals surface area contributed by atoms with Crippen LogP contribution in [0.2, 0.25) is 0 Å². The van der Waals surface area contributed by atoms with Gasteiger partial charge in [0.2, 0.25) is 0 Å². The van der Waals surface area contributed by atoms with Gasteiger partial charge >= 0.3 is 12.1 Å². The lowest BCUT2D eigenvalue weighted by atomic mass is 9.86. The second kappa shape index (κ2) is 6.00. The summed E-state index contributed by atoms with van der Waals surface area (Å²) < 4.78 is 38.1. The number of carbonyl (C=O) groups excluding carboxylic acids is 1. The van der Waals surface area contributed by atoms with Gasteiger partial charge in [0.25, 0.3) is 5.91 Å². The fourth-order valence-electron chi connectivity index (χ4n) is 2.35. The van der Waals surface area contributed by atoms with E-state index in [2.05, 4.69) is 10.3 Å². The summed E-state index contributed by atoms with van der Waals surface area (Å²) in [5.41, 5.74) is 0.367. The van der Waals surface area contributed by atoms with Crippen LogP contribution < -0.4 is 5.32 Å². The topological polar surface area (TPSA) is 79.3 Å². The maximum Gasteiger partial charge on any atom is 0.427 e. The summed E-state index contributed by atoms with van der Waals surface area (Å²) in [6, 6.07) is -0.309. The minimum Gasteiger partial charge on any atom is -0.481 e. The highest BCUT2D eigenvalue weighted by atomic mass is 32.1. The van der Waals surface area contributed by atoms with E-state index in [1.54, 1.807) is 0 Å². The lowest BCUT2D eigenvalue weighted by Crippen LogP contribution is -2.39. The van der Waals surface area contributed by atoms with Crippen LogP contribution in [0, 0.1) is 5.92 Å². The summed E-state index contributed by atoms with van der Waals surface area (Å²) in [5.74, 6) is -2.18. The molecule has 0 atom stereocenters. The summed E-state index contributed by atoms with van der Waals surface area (Å²) >= 11 is 0.376. The summed E-state index contributed by atoms with van der Waals surface area (Å²) in [7, 11) is 0. The zero-order valence-electron chi connectivity index (χ0n) is 10.8. The van der Waals surface area contributed by atoms with Gasteiger partial charge in [-0.15, -0.1) is 11.3 Å². The molecule has 1 aliphatic carbocycles. The molecule has 2 N–H and O–H groups in total. The normalized spacial score (nSPS) is 22.8. The highest BCUT2D eigenvalue weighted by Crippen LogP contribution is 2.35. The third-order valence-electron chi connectivity index (χ3n) is 3.45. The number of aromatic nitrogens is 1. The molecular formula is C12H13F3N2O3S. The van der Waals surface area contributed by atoms with Gasteiger partial charge in [-0.1, -0.05) is 0 Å². The van der Waals surface area contributed by atoms with Crippen LogP contribution in [-0.4, -0.2) is 28.0 Å². The van der Waals surface area contributed by atoms with Crippen molar-refractivity contribution in [3.63, 3.8) is 0 Å². The van der Waals surface area contributed by atoms with Gasteiger partial charge in [0.1, 0.15) is 4.88 Å². The Morgan fingerprint density at radius 1 is 1.29 bits per heavy atom. The zero-order valence-corrected chi connectivity index (χ0v) is 11.6. The SMILES string of the molecule is O=C(NC1CCC(C(=O)O)CC1)c1ncsc1C(F)(F)F. The number of hydrogen-bond donors (Lipinski definition) is 2. The van der Waals surface area contributed by atoms with Crippen molar-refractivity contribution < 1.29 is 27.9 Å². The molecule has 0 bridgehead atoms. The Bertz CT molecular complexity index is 536. The number of alkyl halides is 3. The van der Waals surface area contributed by atoms with Crippen LogP contribution in [0.4, 0.5) is 13.2 Å². The van der Waals surface area contributed by atoms with Crippen molar-refractivity contribution in [1.29, 1.82) is 0 Å². The molecule has 0 unspecified atom stereocenters. The molecule has 116 valence electrons. The molecule has 1 heterocycles. The van der Waals surface area contributed by atoms with E-state index in [0.29, 0.717) is 37.0 Å². The average molecular weight is 322 g/mol. The van der Waals surface area contributed by atoms with Crippen molar-refractivity contribution in [2.45, 2.75) is 37.9 Å². The van der Waals surface area contributed by atoms with E-state index in [1.165, 1.54) is 0 Å². The van der Waals surface area contributed by atoms with Gasteiger partial charge in [0.05, 0.1) is 11.4 Å². The van der Waals surface area contributed by atoms with Gasteiger partial charge < -0.3 is 10.4 Å². The van der Waals surface area contributed by atoms with Gasteiger partial charge in [-0.05, 0) is 25.7 Å². The van der Waals surface area contributed by atoms with Crippen LogP contribution in [0.15, 0.2) is 5.51 Å². The van der Waals surface area contributed by atoms with E-state index in [9.17, 15) is 22.8 Å². The molecule has 1 aliphatic rings. The first-order chi connectivity index (χ1) is 9.79. The van der Waals surface area contributed by atoms with E-state index in [0.717, 1.165) is 5.51 Å². The number of rotatable bonds is 3. The van der Waals surface area contributed by atoms with Gasteiger partial charge in [-0.25, -0.2) is 4.98 Å². The summed E-state index contributed by atoms with van der Waals surface area (Å²) in [6.45, 7) is 0. The molecule has 0 spiro atoms. The molecule has 2 rings (SSSR count). The molecule has 0 saturated heterocycles. The second-order valence-electron chi connectivity index (χ2n) is 4.89. The number of carbonyl (C=O) groups is 2. The van der Waals surface area contributed by atoms with Crippen molar-refractivity contribution in [3.8, 4) is 0 Å². The number of hydrogen-bond acceptors (Lipinski definition) is 4. The molecule has 1 aromatic heterocycles. The van der Waals surface area contributed by atoms with Crippen molar-refractivity contribution in [1.82, 2.24) is 10.3 Å². The van der Waals surface area contributed by atoms with Crippen LogP contribution in [0.1, 0.15) is 41.0 Å². The van der Waals surface area contributed by atoms with Crippen molar-refractivity contribution >= 4 is 23.2 Å². The molecule has 1 amide bonds. The van der Waals surface area contributed by atoms with Crippen molar-refractivity contribution in [3.05, 3.63) is 16.1 Å². The first-order valence-electron chi connectivity index (χ1n) is 6.33. The molecule has 21 heavy (non-hydrogen) atoms. The Kier molecular flexibility index (Phi) is 4.50. The Balaban J connectivity index is 1.97. The molecule has 0 radical (unpaired) electrons. The highest BCUT2D eigenvalue weighted by Gasteiger charge is 2.38. The predicted molar refractivity (Wildman–Crippen MR) is 68.0 cm³/mol. The monoisotopic (exact) mass is 322 g/mol. The molecule has 1 aromatic rings. The first-order valence-corrected chi connectivity index (χ1v) is 7.21. The average Bonchev–Trinajstić information content (AvgIpc) is 2.88. The first kappa shape index (κ1) is 15.7. The number of amides is 1. The largest absolute Gasteiger partial charge is 0.481 e. The smallest absolute Gasteiger partial charge is 0.427 e. The Morgan fingerprint density at radius 2 is 1.90 bits per heavy atom. The number of nitrogens with one attached hydrogen (secondary N) is 1. The third-order valence-corrected chi connectivity index (χ3v) is 4.32. The highest BCUT2D eigenvalue weighted by molar-refractivity contribution is 7.10. The minimum absolute atomic E-state index is 0.309. The number of aliphatic carboxylic acids is 1. The van der Waals surface area contributed by atoms with Crippen molar-refractivity contribution in [2.75, 3.05) is 0 Å². The number of halogens is 3. The lowest BCUT2D eigenvalue weighted by Gasteiger charge is -2.26. The fraction of sp³-hybridized carbons (Fsp3) is 0.583. The molecule has 1 saturated carbocycles.